The molecule has 11 heavy (non-hydrogen) atoms. The number of alkyl halides is 2. The fourth-order valence-corrected chi connectivity index (χ4v) is 0.656. The molecule has 2 nitrogen and oxygen atoms in total. The van der Waals surface area contributed by atoms with Gasteiger partial charge in [-0.3, -0.25) is 4.79 Å². The third-order valence-electron chi connectivity index (χ3n) is 1.05. The molecule has 0 aliphatic rings. The summed E-state index contributed by atoms with van der Waals surface area (Å²) in [6, 6.07) is 0. The maximum absolute atomic E-state index is 10.7. The van der Waals surface area contributed by atoms with Crippen LogP contribution in [0.25, 0.3) is 0 Å². The minimum Gasteiger partial charge on any atom is -0.464 e. The van der Waals surface area contributed by atoms with Gasteiger partial charge in [0.2, 0.25) is 0 Å². The number of carbonyl (C=O) groups is 1. The summed E-state index contributed by atoms with van der Waals surface area (Å²) >= 11 is 11.0. The monoisotopic (exact) mass is 198 g/mol. The highest BCUT2D eigenvalue weighted by Crippen LogP contribution is 2.00. The largest absolute Gasteiger partial charge is 0.464 e. The van der Waals surface area contributed by atoms with Crippen molar-refractivity contribution in [3.8, 4) is 0 Å². The molecule has 1 atom stereocenters. The van der Waals surface area contributed by atoms with Gasteiger partial charge in [0.15, 0.2) is 0 Å². The summed E-state index contributed by atoms with van der Waals surface area (Å²) in [4.78, 5) is 10.7. The molecule has 0 saturated heterocycles. The van der Waals surface area contributed by atoms with Crippen molar-refractivity contribution < 1.29 is 9.53 Å². The molecule has 0 aliphatic carbocycles. The van der Waals surface area contributed by atoms with Crippen LogP contribution in [0.2, 0.25) is 0 Å². The van der Waals surface area contributed by atoms with Crippen LogP contribution < -0.4 is 0 Å². The van der Waals surface area contributed by atoms with Crippen LogP contribution in [-0.4, -0.2) is 23.8 Å². The van der Waals surface area contributed by atoms with E-state index in [9.17, 15) is 4.79 Å². The van der Waals surface area contributed by atoms with Crippen molar-refractivity contribution in [1.82, 2.24) is 0 Å². The van der Waals surface area contributed by atoms with Crippen molar-refractivity contribution in [2.75, 3.05) is 12.5 Å². The number of carbonyl (C=O) groups excluding carboxylic acids is 1. The molecule has 0 spiro atoms. The van der Waals surface area contributed by atoms with Crippen molar-refractivity contribution >= 4 is 29.2 Å². The van der Waals surface area contributed by atoms with E-state index in [1.54, 1.807) is 0 Å². The van der Waals surface area contributed by atoms with Crippen LogP contribution in [-0.2, 0) is 9.53 Å². The van der Waals surface area contributed by atoms with E-state index in [1.165, 1.54) is 0 Å². The highest BCUT2D eigenvalue weighted by atomic mass is 35.5. The third-order valence-corrected chi connectivity index (χ3v) is 1.86. The van der Waals surface area contributed by atoms with Crippen LogP contribution in [0.4, 0.5) is 0 Å². The van der Waals surface area contributed by atoms with Gasteiger partial charge < -0.3 is 4.74 Å². The minimum atomic E-state index is -0.266. The second kappa shape index (κ2) is 6.74. The van der Waals surface area contributed by atoms with E-state index in [2.05, 4.69) is 0 Å². The highest BCUT2D eigenvalue weighted by Gasteiger charge is 2.06. The first-order chi connectivity index (χ1) is 5.20. The van der Waals surface area contributed by atoms with E-state index in [0.29, 0.717) is 12.3 Å². The fourth-order valence-electron chi connectivity index (χ4n) is 0.504. The maximum Gasteiger partial charge on any atom is 0.305 e. The van der Waals surface area contributed by atoms with Crippen molar-refractivity contribution in [2.24, 2.45) is 0 Å². The van der Waals surface area contributed by atoms with Gasteiger partial charge in [-0.25, -0.2) is 0 Å². The van der Waals surface area contributed by atoms with Crippen LogP contribution in [0, 0.1) is 0 Å². The van der Waals surface area contributed by atoms with Gasteiger partial charge in [0.25, 0.3) is 0 Å². The molecule has 0 aromatic carbocycles. The van der Waals surface area contributed by atoms with Gasteiger partial charge in [-0.1, -0.05) is 6.92 Å². The Balaban J connectivity index is 3.30. The molecular formula is C7H12Cl2O2. The van der Waals surface area contributed by atoms with Crippen molar-refractivity contribution in [3.63, 3.8) is 0 Å². The first-order valence-electron chi connectivity index (χ1n) is 3.56. The van der Waals surface area contributed by atoms with E-state index in [0.717, 1.165) is 6.42 Å². The Bertz CT molecular complexity index is 117. The predicted molar refractivity (Wildman–Crippen MR) is 46.2 cm³/mol. The smallest absolute Gasteiger partial charge is 0.305 e. The Kier molecular flexibility index (Phi) is 6.77. The molecule has 0 bridgehead atoms. The quantitative estimate of drug-likeness (QED) is 0.501. The summed E-state index contributed by atoms with van der Waals surface area (Å²) in [5.74, 6) is 0.101. The van der Waals surface area contributed by atoms with Crippen LogP contribution in [0.3, 0.4) is 0 Å². The first kappa shape index (κ1) is 11.1. The Hall–Kier alpha value is 0.0500. The molecule has 0 saturated carbocycles. The standard InChI is InChI=1S/C7H12Cl2O2/c1-2-3-7(10)11-5-6(9)4-8/h6H,2-5H2,1H3. The van der Waals surface area contributed by atoms with E-state index in [-0.39, 0.29) is 18.0 Å². The van der Waals surface area contributed by atoms with Gasteiger partial charge in [0, 0.05) is 12.3 Å². The number of rotatable bonds is 5. The second-order valence-electron chi connectivity index (χ2n) is 2.18. The maximum atomic E-state index is 10.7. The molecule has 0 radical (unpaired) electrons. The van der Waals surface area contributed by atoms with Crippen LogP contribution in [0.15, 0.2) is 0 Å². The molecule has 66 valence electrons. The highest BCUT2D eigenvalue weighted by molar-refractivity contribution is 6.28. The Morgan fingerprint density at radius 1 is 1.64 bits per heavy atom. The Morgan fingerprint density at radius 2 is 2.27 bits per heavy atom. The molecule has 0 aliphatic heterocycles. The lowest BCUT2D eigenvalue weighted by Gasteiger charge is -2.05. The number of ether oxygens (including phenoxy) is 1. The number of hydrogen-bond donors (Lipinski definition) is 0. The van der Waals surface area contributed by atoms with Gasteiger partial charge in [-0.05, 0) is 6.42 Å². The first-order valence-corrected chi connectivity index (χ1v) is 4.53. The minimum absolute atomic E-state index is 0.205. The average molecular weight is 199 g/mol. The molecule has 1 unspecified atom stereocenters. The molecule has 0 heterocycles. The van der Waals surface area contributed by atoms with Gasteiger partial charge >= 0.3 is 5.97 Å². The van der Waals surface area contributed by atoms with E-state index in [4.69, 9.17) is 27.9 Å². The zero-order valence-corrected chi connectivity index (χ0v) is 7.99. The van der Waals surface area contributed by atoms with Crippen LogP contribution in [0.5, 0.6) is 0 Å². The molecule has 4 heteroatoms. The van der Waals surface area contributed by atoms with Gasteiger partial charge in [0.1, 0.15) is 6.61 Å². The Morgan fingerprint density at radius 3 is 2.73 bits per heavy atom. The topological polar surface area (TPSA) is 26.3 Å². The van der Waals surface area contributed by atoms with Crippen molar-refractivity contribution in [3.05, 3.63) is 0 Å². The van der Waals surface area contributed by atoms with Crippen LogP contribution >= 0.6 is 23.2 Å². The molecule has 0 amide bonds. The van der Waals surface area contributed by atoms with Crippen molar-refractivity contribution in [2.45, 2.75) is 25.1 Å². The lowest BCUT2D eigenvalue weighted by molar-refractivity contribution is -0.143. The summed E-state index contributed by atoms with van der Waals surface area (Å²) in [6.07, 6.45) is 1.25. The molecule has 0 N–H and O–H groups in total. The number of halogens is 2. The second-order valence-corrected chi connectivity index (χ2v) is 3.11. The van der Waals surface area contributed by atoms with Gasteiger partial charge in [0.05, 0.1) is 5.38 Å². The average Bonchev–Trinajstić information content (AvgIpc) is 2.01. The lowest BCUT2D eigenvalue weighted by Crippen LogP contribution is -2.14. The lowest BCUT2D eigenvalue weighted by atomic mass is 10.3. The van der Waals surface area contributed by atoms with Crippen LogP contribution in [0.1, 0.15) is 19.8 Å². The SMILES string of the molecule is CCCC(=O)OCC(Cl)CCl. The fraction of sp³-hybridized carbons (Fsp3) is 0.857. The molecule has 0 rings (SSSR count). The van der Waals surface area contributed by atoms with Gasteiger partial charge in [-0.2, -0.15) is 0 Å². The summed E-state index contributed by atoms with van der Waals surface area (Å²) in [5, 5.41) is -0.266. The number of hydrogen-bond acceptors (Lipinski definition) is 2. The zero-order chi connectivity index (χ0) is 8.69. The third kappa shape index (κ3) is 6.45. The van der Waals surface area contributed by atoms with Gasteiger partial charge in [-0.15, -0.1) is 23.2 Å². The van der Waals surface area contributed by atoms with E-state index >= 15 is 0 Å². The molecule has 0 aromatic heterocycles. The molecular weight excluding hydrogens is 187 g/mol. The van der Waals surface area contributed by atoms with E-state index < -0.39 is 0 Å². The zero-order valence-electron chi connectivity index (χ0n) is 6.48. The summed E-state index contributed by atoms with van der Waals surface area (Å²) < 4.78 is 4.78. The Labute approximate surface area is 76.8 Å². The summed E-state index contributed by atoms with van der Waals surface area (Å²) in [6.45, 7) is 2.13. The number of esters is 1. The summed E-state index contributed by atoms with van der Waals surface area (Å²) in [7, 11) is 0. The predicted octanol–water partition coefficient (Wildman–Crippen LogP) is 2.18. The summed E-state index contributed by atoms with van der Waals surface area (Å²) in [5.41, 5.74) is 0. The van der Waals surface area contributed by atoms with Crippen molar-refractivity contribution in [1.29, 1.82) is 0 Å². The normalized spacial score (nSPS) is 12.6. The van der Waals surface area contributed by atoms with E-state index in [1.807, 2.05) is 6.92 Å². The molecule has 0 aromatic rings. The molecule has 0 fully saturated rings.